The van der Waals surface area contributed by atoms with E-state index in [0.717, 1.165) is 26.3 Å². The van der Waals surface area contributed by atoms with Crippen LogP contribution in [0.4, 0.5) is 0 Å². The summed E-state index contributed by atoms with van der Waals surface area (Å²) in [5.41, 5.74) is 0.281. The Morgan fingerprint density at radius 2 is 2.31 bits per heavy atom. The highest BCUT2D eigenvalue weighted by Gasteiger charge is 2.32. The summed E-state index contributed by atoms with van der Waals surface area (Å²) in [4.78, 5) is 10.2. The molecule has 2 N–H and O–H groups in total. The molecule has 4 heteroatoms. The lowest BCUT2D eigenvalue weighted by Gasteiger charge is -2.38. The largest absolute Gasteiger partial charge is 0.481 e. The second-order valence-electron chi connectivity index (χ2n) is 3.98. The van der Waals surface area contributed by atoms with Gasteiger partial charge in [0.25, 0.3) is 0 Å². The van der Waals surface area contributed by atoms with Gasteiger partial charge in [-0.25, -0.2) is 0 Å². The minimum Gasteiger partial charge on any atom is -0.481 e. The van der Waals surface area contributed by atoms with E-state index in [2.05, 4.69) is 12.2 Å². The number of aliphatic carboxylic acids is 1. The number of carboxylic acids is 1. The molecule has 76 valence electrons. The van der Waals surface area contributed by atoms with Gasteiger partial charge in [0.2, 0.25) is 0 Å². The number of nitrogens with one attached hydrogen (secondary N) is 1. The number of hydrogen-bond acceptors (Lipinski definition) is 3. The summed E-state index contributed by atoms with van der Waals surface area (Å²) in [7, 11) is 0. The molecular formula is C9H17NO3. The minimum atomic E-state index is -0.722. The van der Waals surface area contributed by atoms with Gasteiger partial charge in [-0.3, -0.25) is 4.79 Å². The van der Waals surface area contributed by atoms with Gasteiger partial charge in [0.1, 0.15) is 0 Å². The molecule has 0 saturated carbocycles. The first-order valence-electron chi connectivity index (χ1n) is 4.63. The van der Waals surface area contributed by atoms with Crippen molar-refractivity contribution in [3.05, 3.63) is 0 Å². The SMILES string of the molecule is CC1(CNCCCC(=O)O)COC1. The first-order valence-corrected chi connectivity index (χ1v) is 4.63. The summed E-state index contributed by atoms with van der Waals surface area (Å²) < 4.78 is 5.10. The molecule has 0 aromatic heterocycles. The van der Waals surface area contributed by atoms with Gasteiger partial charge in [-0.1, -0.05) is 6.92 Å². The number of ether oxygens (including phenoxy) is 1. The normalized spacial score (nSPS) is 19.5. The fraction of sp³-hybridized carbons (Fsp3) is 0.889. The van der Waals surface area contributed by atoms with Gasteiger partial charge in [0, 0.05) is 18.4 Å². The van der Waals surface area contributed by atoms with Crippen LogP contribution in [0.1, 0.15) is 19.8 Å². The molecule has 0 radical (unpaired) electrons. The predicted octanol–water partition coefficient (Wildman–Crippen LogP) is 0.477. The summed E-state index contributed by atoms with van der Waals surface area (Å²) >= 11 is 0. The molecule has 0 unspecified atom stereocenters. The average molecular weight is 187 g/mol. The van der Waals surface area contributed by atoms with Crippen molar-refractivity contribution in [3.8, 4) is 0 Å². The van der Waals surface area contributed by atoms with Crippen LogP contribution in [0.3, 0.4) is 0 Å². The highest BCUT2D eigenvalue weighted by atomic mass is 16.5. The lowest BCUT2D eigenvalue weighted by Crippen LogP contribution is -2.47. The molecule has 4 nitrogen and oxygen atoms in total. The molecule has 0 spiro atoms. The fourth-order valence-corrected chi connectivity index (χ4v) is 1.31. The van der Waals surface area contributed by atoms with Crippen LogP contribution in [0, 0.1) is 5.41 Å². The standard InChI is InChI=1S/C9H17NO3/c1-9(6-13-7-9)5-10-4-2-3-8(11)12/h10H,2-7H2,1H3,(H,11,12). The summed E-state index contributed by atoms with van der Waals surface area (Å²) in [6, 6.07) is 0. The molecule has 1 fully saturated rings. The van der Waals surface area contributed by atoms with Crippen LogP contribution >= 0.6 is 0 Å². The van der Waals surface area contributed by atoms with Crippen LogP contribution in [0.25, 0.3) is 0 Å². The zero-order valence-corrected chi connectivity index (χ0v) is 8.01. The average Bonchev–Trinajstić information content (AvgIpc) is 2.00. The summed E-state index contributed by atoms with van der Waals surface area (Å²) in [5, 5.41) is 11.6. The summed E-state index contributed by atoms with van der Waals surface area (Å²) in [6.07, 6.45) is 0.951. The molecule has 1 rings (SSSR count). The third-order valence-corrected chi connectivity index (χ3v) is 2.20. The molecule has 1 aliphatic heterocycles. The van der Waals surface area contributed by atoms with Gasteiger partial charge < -0.3 is 15.2 Å². The smallest absolute Gasteiger partial charge is 0.303 e. The topological polar surface area (TPSA) is 58.6 Å². The van der Waals surface area contributed by atoms with E-state index in [4.69, 9.17) is 9.84 Å². The predicted molar refractivity (Wildman–Crippen MR) is 48.7 cm³/mol. The Balaban J connectivity index is 1.92. The van der Waals surface area contributed by atoms with E-state index in [1.54, 1.807) is 0 Å². The molecule has 0 amide bonds. The van der Waals surface area contributed by atoms with Gasteiger partial charge in [-0.05, 0) is 13.0 Å². The molecule has 0 aromatic rings. The third kappa shape index (κ3) is 3.74. The van der Waals surface area contributed by atoms with Crippen molar-refractivity contribution in [2.24, 2.45) is 5.41 Å². The van der Waals surface area contributed by atoms with Gasteiger partial charge in [-0.2, -0.15) is 0 Å². The molecule has 0 atom stereocenters. The highest BCUT2D eigenvalue weighted by molar-refractivity contribution is 5.66. The van der Waals surface area contributed by atoms with Crippen molar-refractivity contribution in [2.45, 2.75) is 19.8 Å². The second kappa shape index (κ2) is 4.58. The Morgan fingerprint density at radius 3 is 2.77 bits per heavy atom. The zero-order chi connectivity index (χ0) is 9.73. The fourth-order valence-electron chi connectivity index (χ4n) is 1.31. The maximum absolute atomic E-state index is 10.2. The lowest BCUT2D eigenvalue weighted by molar-refractivity contribution is -0.137. The molecule has 13 heavy (non-hydrogen) atoms. The number of hydrogen-bond donors (Lipinski definition) is 2. The Hall–Kier alpha value is -0.610. The Labute approximate surface area is 78.3 Å². The lowest BCUT2D eigenvalue weighted by atomic mass is 9.89. The monoisotopic (exact) mass is 187 g/mol. The number of carbonyl (C=O) groups is 1. The number of rotatable bonds is 6. The quantitative estimate of drug-likeness (QED) is 0.594. The molecule has 1 saturated heterocycles. The zero-order valence-electron chi connectivity index (χ0n) is 8.01. The maximum Gasteiger partial charge on any atom is 0.303 e. The van der Waals surface area contributed by atoms with Crippen molar-refractivity contribution >= 4 is 5.97 Å². The van der Waals surface area contributed by atoms with E-state index in [0.29, 0.717) is 6.42 Å². The Kier molecular flexibility index (Phi) is 3.69. The van der Waals surface area contributed by atoms with Crippen LogP contribution in [0.5, 0.6) is 0 Å². The van der Waals surface area contributed by atoms with Crippen LogP contribution in [0.2, 0.25) is 0 Å². The van der Waals surface area contributed by atoms with E-state index < -0.39 is 5.97 Å². The van der Waals surface area contributed by atoms with Crippen molar-refractivity contribution in [2.75, 3.05) is 26.3 Å². The second-order valence-corrected chi connectivity index (χ2v) is 3.98. The van der Waals surface area contributed by atoms with E-state index >= 15 is 0 Å². The van der Waals surface area contributed by atoms with Crippen molar-refractivity contribution in [1.29, 1.82) is 0 Å². The molecule has 0 aliphatic carbocycles. The maximum atomic E-state index is 10.2. The van der Waals surface area contributed by atoms with Crippen LogP contribution in [-0.4, -0.2) is 37.4 Å². The summed E-state index contributed by atoms with van der Waals surface area (Å²) in [6.45, 7) is 5.51. The van der Waals surface area contributed by atoms with Gasteiger partial charge in [0.05, 0.1) is 13.2 Å². The van der Waals surface area contributed by atoms with Gasteiger partial charge in [-0.15, -0.1) is 0 Å². The highest BCUT2D eigenvalue weighted by Crippen LogP contribution is 2.24. The molecule has 1 heterocycles. The first-order chi connectivity index (χ1) is 6.12. The van der Waals surface area contributed by atoms with E-state index in [1.807, 2.05) is 0 Å². The minimum absolute atomic E-state index is 0.250. The van der Waals surface area contributed by atoms with Crippen LogP contribution in [0.15, 0.2) is 0 Å². The molecule has 1 aliphatic rings. The van der Waals surface area contributed by atoms with E-state index in [1.165, 1.54) is 0 Å². The number of carboxylic acid groups (broad SMARTS) is 1. The van der Waals surface area contributed by atoms with Crippen molar-refractivity contribution < 1.29 is 14.6 Å². The third-order valence-electron chi connectivity index (χ3n) is 2.20. The van der Waals surface area contributed by atoms with Gasteiger partial charge in [0.15, 0.2) is 0 Å². The van der Waals surface area contributed by atoms with Crippen LogP contribution < -0.4 is 5.32 Å². The van der Waals surface area contributed by atoms with Crippen molar-refractivity contribution in [1.82, 2.24) is 5.32 Å². The Morgan fingerprint density at radius 1 is 1.62 bits per heavy atom. The van der Waals surface area contributed by atoms with Gasteiger partial charge >= 0.3 is 5.97 Å². The van der Waals surface area contributed by atoms with Crippen LogP contribution in [-0.2, 0) is 9.53 Å². The first kappa shape index (κ1) is 10.5. The molecule has 0 aromatic carbocycles. The van der Waals surface area contributed by atoms with Crippen molar-refractivity contribution in [3.63, 3.8) is 0 Å². The summed E-state index contributed by atoms with van der Waals surface area (Å²) in [5.74, 6) is -0.722. The molecular weight excluding hydrogens is 170 g/mol. The molecule has 0 bridgehead atoms. The van der Waals surface area contributed by atoms with E-state index in [-0.39, 0.29) is 11.8 Å². The Bertz CT molecular complexity index is 178. The van der Waals surface area contributed by atoms with E-state index in [9.17, 15) is 4.79 Å².